The molecule has 2 heteroatoms. The van der Waals surface area contributed by atoms with Gasteiger partial charge in [-0.1, -0.05) is 61.2 Å². The molecule has 0 bridgehead atoms. The number of halogens is 1. The minimum atomic E-state index is 0.467. The molecule has 0 radical (unpaired) electrons. The van der Waals surface area contributed by atoms with Gasteiger partial charge in [-0.05, 0) is 42.5 Å². The van der Waals surface area contributed by atoms with Crippen LogP contribution in [0.25, 0.3) is 0 Å². The Bertz CT molecular complexity index is 387. The maximum Gasteiger partial charge on any atom is 0.0175 e. The molecule has 1 aliphatic heterocycles. The van der Waals surface area contributed by atoms with E-state index >= 15 is 0 Å². The molecule has 2 unspecified atom stereocenters. The van der Waals surface area contributed by atoms with Crippen molar-refractivity contribution in [2.75, 3.05) is 13.1 Å². The van der Waals surface area contributed by atoms with Gasteiger partial charge in [0.05, 0.1) is 0 Å². The molecule has 1 nitrogen and oxygen atoms in total. The lowest BCUT2D eigenvalue weighted by molar-refractivity contribution is 0.167. The van der Waals surface area contributed by atoms with Crippen molar-refractivity contribution in [3.05, 3.63) is 34.3 Å². The summed E-state index contributed by atoms with van der Waals surface area (Å²) in [6, 6.07) is 8.94. The zero-order valence-corrected chi connectivity index (χ0v) is 13.8. The summed E-state index contributed by atoms with van der Waals surface area (Å²) in [6.07, 6.45) is 6.73. The van der Waals surface area contributed by atoms with Crippen LogP contribution in [-0.2, 0) is 0 Å². The monoisotopic (exact) mass is 323 g/mol. The lowest BCUT2D eigenvalue weighted by Gasteiger charge is -2.42. The lowest BCUT2D eigenvalue weighted by atomic mass is 9.66. The van der Waals surface area contributed by atoms with Gasteiger partial charge in [0.25, 0.3) is 0 Å². The average Bonchev–Trinajstić information content (AvgIpc) is 2.41. The highest BCUT2D eigenvalue weighted by Gasteiger charge is 2.36. The van der Waals surface area contributed by atoms with Gasteiger partial charge < -0.3 is 5.32 Å². The van der Waals surface area contributed by atoms with E-state index in [9.17, 15) is 0 Å². The molecule has 0 aliphatic carbocycles. The quantitative estimate of drug-likeness (QED) is 0.742. The van der Waals surface area contributed by atoms with Crippen LogP contribution >= 0.6 is 15.9 Å². The van der Waals surface area contributed by atoms with E-state index in [1.54, 1.807) is 0 Å². The molecule has 2 rings (SSSR count). The van der Waals surface area contributed by atoms with Crippen molar-refractivity contribution in [1.29, 1.82) is 0 Å². The largest absolute Gasteiger partial charge is 0.316 e. The van der Waals surface area contributed by atoms with E-state index in [1.165, 1.54) is 48.7 Å². The Morgan fingerprint density at radius 2 is 2.00 bits per heavy atom. The second-order valence-corrected chi connectivity index (χ2v) is 7.09. The summed E-state index contributed by atoms with van der Waals surface area (Å²) >= 11 is 3.53. The van der Waals surface area contributed by atoms with E-state index < -0.39 is 0 Å². The molecule has 0 spiro atoms. The highest BCUT2D eigenvalue weighted by Crippen LogP contribution is 2.44. The highest BCUT2D eigenvalue weighted by molar-refractivity contribution is 9.10. The van der Waals surface area contributed by atoms with E-state index in [0.717, 1.165) is 6.54 Å². The highest BCUT2D eigenvalue weighted by atomic mass is 79.9. The van der Waals surface area contributed by atoms with Gasteiger partial charge in [-0.2, -0.15) is 0 Å². The first kappa shape index (κ1) is 15.1. The van der Waals surface area contributed by atoms with Crippen molar-refractivity contribution in [2.45, 2.75) is 51.9 Å². The lowest BCUT2D eigenvalue weighted by Crippen LogP contribution is -2.42. The molecular formula is C17H26BrN. The zero-order chi connectivity index (χ0) is 13.7. The third-order valence-electron chi connectivity index (χ3n) is 4.69. The van der Waals surface area contributed by atoms with Crippen molar-refractivity contribution in [1.82, 2.24) is 5.32 Å². The maximum atomic E-state index is 3.58. The molecule has 0 aromatic heterocycles. The van der Waals surface area contributed by atoms with E-state index in [-0.39, 0.29) is 0 Å². The second-order valence-electron chi connectivity index (χ2n) is 6.17. The fraction of sp³-hybridized carbons (Fsp3) is 0.647. The molecule has 1 N–H and O–H groups in total. The fourth-order valence-corrected chi connectivity index (χ4v) is 3.60. The minimum absolute atomic E-state index is 0.467. The van der Waals surface area contributed by atoms with Gasteiger partial charge in [0, 0.05) is 16.9 Å². The molecule has 2 atom stereocenters. The minimum Gasteiger partial charge on any atom is -0.316 e. The van der Waals surface area contributed by atoms with Crippen molar-refractivity contribution < 1.29 is 0 Å². The molecule has 19 heavy (non-hydrogen) atoms. The van der Waals surface area contributed by atoms with Gasteiger partial charge in [-0.15, -0.1) is 0 Å². The molecule has 1 heterocycles. The predicted octanol–water partition coefficient (Wildman–Crippen LogP) is 5.11. The molecule has 1 aromatic carbocycles. The Balaban J connectivity index is 2.12. The number of unbranched alkanes of at least 4 members (excludes halogenated alkanes) is 2. The smallest absolute Gasteiger partial charge is 0.0175 e. The number of hydrogen-bond donors (Lipinski definition) is 1. The van der Waals surface area contributed by atoms with Gasteiger partial charge in [-0.25, -0.2) is 0 Å². The Labute approximate surface area is 126 Å². The average molecular weight is 324 g/mol. The first-order chi connectivity index (χ1) is 9.15. The van der Waals surface area contributed by atoms with Gasteiger partial charge in [-0.3, -0.25) is 0 Å². The van der Waals surface area contributed by atoms with Crippen molar-refractivity contribution >= 4 is 15.9 Å². The first-order valence-electron chi connectivity index (χ1n) is 7.62. The predicted molar refractivity (Wildman–Crippen MR) is 86.6 cm³/mol. The Morgan fingerprint density at radius 1 is 1.26 bits per heavy atom. The van der Waals surface area contributed by atoms with E-state index in [0.29, 0.717) is 11.3 Å². The van der Waals surface area contributed by atoms with Crippen molar-refractivity contribution in [2.24, 2.45) is 5.41 Å². The number of benzene rings is 1. The molecule has 1 saturated heterocycles. The Morgan fingerprint density at radius 3 is 2.68 bits per heavy atom. The molecule has 106 valence electrons. The normalized spacial score (nSPS) is 27.4. The summed E-state index contributed by atoms with van der Waals surface area (Å²) < 4.78 is 1.17. The summed E-state index contributed by atoms with van der Waals surface area (Å²) in [5, 5.41) is 3.58. The van der Waals surface area contributed by atoms with E-state index in [4.69, 9.17) is 0 Å². The van der Waals surface area contributed by atoms with Crippen LogP contribution in [0.1, 0.15) is 57.4 Å². The summed E-state index contributed by atoms with van der Waals surface area (Å²) in [5.41, 5.74) is 1.96. The van der Waals surface area contributed by atoms with Crippen molar-refractivity contribution in [3.63, 3.8) is 0 Å². The van der Waals surface area contributed by atoms with Gasteiger partial charge >= 0.3 is 0 Å². The van der Waals surface area contributed by atoms with Crippen LogP contribution in [0.2, 0.25) is 0 Å². The SMILES string of the molecule is CCCCCC1(C)CCNCC1c1ccc(Br)cc1. The van der Waals surface area contributed by atoms with Crippen molar-refractivity contribution in [3.8, 4) is 0 Å². The van der Waals surface area contributed by atoms with E-state index in [1.807, 2.05) is 0 Å². The Kier molecular flexibility index (Phi) is 5.47. The van der Waals surface area contributed by atoms with Crippen LogP contribution in [-0.4, -0.2) is 13.1 Å². The third kappa shape index (κ3) is 3.82. The standard InChI is InChI=1S/C17H26BrN/c1-3-4-5-10-17(2)11-12-19-13-16(17)14-6-8-15(18)9-7-14/h6-9,16,19H,3-5,10-13H2,1-2H3. The van der Waals surface area contributed by atoms with Gasteiger partial charge in [0.1, 0.15) is 0 Å². The zero-order valence-electron chi connectivity index (χ0n) is 12.2. The summed E-state index contributed by atoms with van der Waals surface area (Å²) in [5.74, 6) is 0.659. The molecule has 1 fully saturated rings. The fourth-order valence-electron chi connectivity index (χ4n) is 3.33. The molecule has 0 saturated carbocycles. The van der Waals surface area contributed by atoms with E-state index in [2.05, 4.69) is 59.4 Å². The summed E-state index contributed by atoms with van der Waals surface area (Å²) in [7, 11) is 0. The van der Waals surface area contributed by atoms with Crippen LogP contribution in [0, 0.1) is 5.41 Å². The number of hydrogen-bond acceptors (Lipinski definition) is 1. The number of nitrogens with one attached hydrogen (secondary N) is 1. The van der Waals surface area contributed by atoms with Crippen LogP contribution < -0.4 is 5.32 Å². The molecule has 1 aromatic rings. The second kappa shape index (κ2) is 6.90. The molecule has 0 amide bonds. The topological polar surface area (TPSA) is 12.0 Å². The first-order valence-corrected chi connectivity index (χ1v) is 8.41. The summed E-state index contributed by atoms with van der Waals surface area (Å²) in [4.78, 5) is 0. The molecule has 1 aliphatic rings. The maximum absolute atomic E-state index is 3.58. The third-order valence-corrected chi connectivity index (χ3v) is 5.22. The number of piperidine rings is 1. The van der Waals surface area contributed by atoms with Crippen LogP contribution in [0.4, 0.5) is 0 Å². The molecular weight excluding hydrogens is 298 g/mol. The van der Waals surface area contributed by atoms with Crippen LogP contribution in [0.15, 0.2) is 28.7 Å². The summed E-state index contributed by atoms with van der Waals surface area (Å²) in [6.45, 7) is 7.09. The van der Waals surface area contributed by atoms with Gasteiger partial charge in [0.15, 0.2) is 0 Å². The van der Waals surface area contributed by atoms with Crippen LogP contribution in [0.5, 0.6) is 0 Å². The number of rotatable bonds is 5. The Hall–Kier alpha value is -0.340. The van der Waals surface area contributed by atoms with Gasteiger partial charge in [0.2, 0.25) is 0 Å². The van der Waals surface area contributed by atoms with Crippen LogP contribution in [0.3, 0.4) is 0 Å².